The molecule has 0 atom stereocenters. The third-order valence-electron chi connectivity index (χ3n) is 5.78. The molecular weight excluding hydrogens is 500 g/mol. The summed E-state index contributed by atoms with van der Waals surface area (Å²) in [6.45, 7) is 9.99. The summed E-state index contributed by atoms with van der Waals surface area (Å²) in [7, 11) is 3.13. The summed E-state index contributed by atoms with van der Waals surface area (Å²) >= 11 is 0. The average Bonchev–Trinajstić information content (AvgIpc) is 3.40. The molecule has 4 rings (SSSR count). The van der Waals surface area contributed by atoms with Gasteiger partial charge in [-0.2, -0.15) is 5.10 Å². The molecule has 0 aliphatic carbocycles. The SMILES string of the molecule is CCOC(=O)c1c(Cn2cncn2)nc2cc(OC)c(OC)cc2c1-c1ccc(OC(C)C)c(OC(C)C)c1. The third-order valence-corrected chi connectivity index (χ3v) is 5.78. The van der Waals surface area contributed by atoms with E-state index < -0.39 is 5.97 Å². The van der Waals surface area contributed by atoms with Crippen molar-refractivity contribution in [1.82, 2.24) is 19.7 Å². The number of hydrogen-bond acceptors (Lipinski definition) is 9. The molecule has 0 N–H and O–H groups in total. The van der Waals surface area contributed by atoms with Crippen molar-refractivity contribution in [3.05, 3.63) is 54.2 Å². The van der Waals surface area contributed by atoms with Gasteiger partial charge in [0.1, 0.15) is 12.7 Å². The fourth-order valence-corrected chi connectivity index (χ4v) is 4.31. The molecule has 206 valence electrons. The quantitative estimate of drug-likeness (QED) is 0.237. The predicted octanol–water partition coefficient (Wildman–Crippen LogP) is 5.31. The van der Waals surface area contributed by atoms with Crippen LogP contribution in [0.4, 0.5) is 0 Å². The zero-order valence-corrected chi connectivity index (χ0v) is 23.3. The number of nitrogens with zero attached hydrogens (tertiary/aromatic N) is 4. The molecule has 10 heteroatoms. The molecule has 0 saturated heterocycles. The highest BCUT2D eigenvalue weighted by atomic mass is 16.5. The number of carbonyl (C=O) groups is 1. The highest BCUT2D eigenvalue weighted by Crippen LogP contribution is 2.42. The fourth-order valence-electron chi connectivity index (χ4n) is 4.31. The van der Waals surface area contributed by atoms with E-state index in [1.165, 1.54) is 6.33 Å². The number of hydrogen-bond donors (Lipinski definition) is 0. The van der Waals surface area contributed by atoms with Crippen LogP contribution in [0.2, 0.25) is 0 Å². The minimum atomic E-state index is -0.499. The Morgan fingerprint density at radius 1 is 0.923 bits per heavy atom. The van der Waals surface area contributed by atoms with Crippen LogP contribution < -0.4 is 18.9 Å². The van der Waals surface area contributed by atoms with Crippen LogP contribution in [0.5, 0.6) is 23.0 Å². The largest absolute Gasteiger partial charge is 0.493 e. The molecule has 39 heavy (non-hydrogen) atoms. The first-order valence-electron chi connectivity index (χ1n) is 12.8. The van der Waals surface area contributed by atoms with Gasteiger partial charge in [-0.3, -0.25) is 0 Å². The number of fused-ring (bicyclic) bond motifs is 1. The second kappa shape index (κ2) is 12.0. The Balaban J connectivity index is 2.08. The maximum atomic E-state index is 13.6. The van der Waals surface area contributed by atoms with E-state index in [4.69, 9.17) is 28.7 Å². The van der Waals surface area contributed by atoms with Crippen molar-refractivity contribution in [3.63, 3.8) is 0 Å². The Kier molecular flexibility index (Phi) is 8.53. The zero-order chi connectivity index (χ0) is 28.1. The monoisotopic (exact) mass is 534 g/mol. The topological polar surface area (TPSA) is 107 Å². The van der Waals surface area contributed by atoms with E-state index in [1.54, 1.807) is 38.2 Å². The van der Waals surface area contributed by atoms with Gasteiger partial charge in [0, 0.05) is 17.0 Å². The van der Waals surface area contributed by atoms with Crippen molar-refractivity contribution in [1.29, 1.82) is 0 Å². The Morgan fingerprint density at radius 2 is 1.62 bits per heavy atom. The van der Waals surface area contributed by atoms with Crippen LogP contribution in [0.15, 0.2) is 43.0 Å². The molecule has 0 radical (unpaired) electrons. The van der Waals surface area contributed by atoms with E-state index in [-0.39, 0.29) is 25.4 Å². The van der Waals surface area contributed by atoms with E-state index in [2.05, 4.69) is 10.1 Å². The number of ether oxygens (including phenoxy) is 5. The number of rotatable bonds is 11. The van der Waals surface area contributed by atoms with Gasteiger partial charge in [-0.1, -0.05) is 6.07 Å². The lowest BCUT2D eigenvalue weighted by Crippen LogP contribution is -2.15. The molecule has 0 saturated carbocycles. The van der Waals surface area contributed by atoms with Crippen LogP contribution in [0, 0.1) is 0 Å². The second-order valence-corrected chi connectivity index (χ2v) is 9.34. The molecule has 10 nitrogen and oxygen atoms in total. The molecule has 0 fully saturated rings. The molecule has 0 spiro atoms. The van der Waals surface area contributed by atoms with Gasteiger partial charge < -0.3 is 23.7 Å². The fraction of sp³-hybridized carbons (Fsp3) is 0.379. The van der Waals surface area contributed by atoms with Crippen molar-refractivity contribution in [2.24, 2.45) is 0 Å². The van der Waals surface area contributed by atoms with Crippen LogP contribution in [0.25, 0.3) is 22.0 Å². The Labute approximate surface area is 227 Å². The van der Waals surface area contributed by atoms with Gasteiger partial charge >= 0.3 is 5.97 Å². The average molecular weight is 535 g/mol. The van der Waals surface area contributed by atoms with Crippen molar-refractivity contribution < 1.29 is 28.5 Å². The maximum Gasteiger partial charge on any atom is 0.340 e. The highest BCUT2D eigenvalue weighted by Gasteiger charge is 2.26. The highest BCUT2D eigenvalue weighted by molar-refractivity contribution is 6.08. The Morgan fingerprint density at radius 3 is 2.23 bits per heavy atom. The van der Waals surface area contributed by atoms with E-state index in [1.807, 2.05) is 52.0 Å². The van der Waals surface area contributed by atoms with Gasteiger partial charge in [0.25, 0.3) is 0 Å². The molecule has 0 unspecified atom stereocenters. The van der Waals surface area contributed by atoms with Crippen molar-refractivity contribution in [3.8, 4) is 34.1 Å². The minimum absolute atomic E-state index is 0.0479. The first-order chi connectivity index (χ1) is 18.7. The summed E-state index contributed by atoms with van der Waals surface area (Å²) in [5.74, 6) is 1.70. The van der Waals surface area contributed by atoms with Gasteiger partial charge in [0.05, 0.1) is 56.4 Å². The van der Waals surface area contributed by atoms with E-state index >= 15 is 0 Å². The van der Waals surface area contributed by atoms with Crippen LogP contribution in [0.1, 0.15) is 50.7 Å². The first kappa shape index (κ1) is 27.7. The summed E-state index contributed by atoms with van der Waals surface area (Å²) in [4.78, 5) is 22.5. The molecule has 0 aliphatic rings. The summed E-state index contributed by atoms with van der Waals surface area (Å²) in [5, 5.41) is 4.91. The van der Waals surface area contributed by atoms with Crippen LogP contribution in [-0.2, 0) is 11.3 Å². The van der Waals surface area contributed by atoms with Crippen LogP contribution in [0.3, 0.4) is 0 Å². The molecule has 4 aromatic rings. The lowest BCUT2D eigenvalue weighted by molar-refractivity contribution is 0.0525. The Bertz CT molecular complexity index is 1450. The molecule has 2 heterocycles. The third kappa shape index (κ3) is 6.05. The summed E-state index contributed by atoms with van der Waals surface area (Å²) in [6, 6.07) is 9.24. The van der Waals surface area contributed by atoms with Crippen LogP contribution in [-0.4, -0.2) is 58.8 Å². The lowest BCUT2D eigenvalue weighted by atomic mass is 9.93. The Hall–Kier alpha value is -4.34. The minimum Gasteiger partial charge on any atom is -0.493 e. The number of carbonyl (C=O) groups excluding carboxylic acids is 1. The standard InChI is InChI=1S/C29H34N4O6/c1-8-37-29(34)28-22(14-33-16-30-15-31-33)32-21-13-25(36-7)24(35-6)12-20(21)27(28)19-9-10-23(38-17(2)3)26(11-19)39-18(4)5/h9-13,15-18H,8,14H2,1-7H3. The van der Waals surface area contributed by atoms with Gasteiger partial charge in [0.15, 0.2) is 23.0 Å². The smallest absolute Gasteiger partial charge is 0.340 e. The summed E-state index contributed by atoms with van der Waals surface area (Å²) in [5.41, 5.74) is 2.76. The molecular formula is C29H34N4O6. The normalized spacial score (nSPS) is 11.2. The number of methoxy groups -OCH3 is 2. The molecule has 0 amide bonds. The van der Waals surface area contributed by atoms with Gasteiger partial charge in [-0.15, -0.1) is 0 Å². The lowest BCUT2D eigenvalue weighted by Gasteiger charge is -2.21. The number of benzene rings is 2. The van der Waals surface area contributed by atoms with Gasteiger partial charge in [-0.25, -0.2) is 19.4 Å². The number of pyridine rings is 1. The molecule has 0 aliphatic heterocycles. The molecule has 2 aromatic carbocycles. The maximum absolute atomic E-state index is 13.6. The summed E-state index contributed by atoms with van der Waals surface area (Å²) in [6.07, 6.45) is 2.86. The second-order valence-electron chi connectivity index (χ2n) is 9.34. The van der Waals surface area contributed by atoms with Crippen molar-refractivity contribution in [2.75, 3.05) is 20.8 Å². The first-order valence-corrected chi connectivity index (χ1v) is 12.8. The van der Waals surface area contributed by atoms with E-state index in [9.17, 15) is 4.79 Å². The van der Waals surface area contributed by atoms with Gasteiger partial charge in [0.2, 0.25) is 0 Å². The molecule has 0 bridgehead atoms. The molecule has 2 aromatic heterocycles. The number of esters is 1. The van der Waals surface area contributed by atoms with E-state index in [0.717, 1.165) is 5.56 Å². The predicted molar refractivity (Wildman–Crippen MR) is 147 cm³/mol. The van der Waals surface area contributed by atoms with Crippen LogP contribution >= 0.6 is 0 Å². The van der Waals surface area contributed by atoms with E-state index in [0.29, 0.717) is 50.7 Å². The van der Waals surface area contributed by atoms with Crippen molar-refractivity contribution >= 4 is 16.9 Å². The summed E-state index contributed by atoms with van der Waals surface area (Å²) < 4.78 is 30.4. The van der Waals surface area contributed by atoms with Gasteiger partial charge in [-0.05, 0) is 58.4 Å². The zero-order valence-electron chi connectivity index (χ0n) is 23.3. The number of aromatic nitrogens is 4. The van der Waals surface area contributed by atoms with Crippen molar-refractivity contribution in [2.45, 2.75) is 53.4 Å².